The molecule has 1 aromatic carbocycles. The predicted octanol–water partition coefficient (Wildman–Crippen LogP) is 2.25. The van der Waals surface area contributed by atoms with E-state index in [1.54, 1.807) is 18.2 Å². The summed E-state index contributed by atoms with van der Waals surface area (Å²) in [5.41, 5.74) is 0.531. The number of fused-ring (bicyclic) bond motifs is 1. The molecule has 0 aliphatic rings. The van der Waals surface area contributed by atoms with E-state index in [4.69, 9.17) is 0 Å². The van der Waals surface area contributed by atoms with Gasteiger partial charge in [-0.3, -0.25) is 9.59 Å². The molecule has 124 valence electrons. The van der Waals surface area contributed by atoms with Gasteiger partial charge in [0.15, 0.2) is 0 Å². The Hall–Kier alpha value is -2.61. The van der Waals surface area contributed by atoms with Crippen molar-refractivity contribution in [2.75, 3.05) is 6.54 Å². The number of aromatic nitrogens is 3. The van der Waals surface area contributed by atoms with Crippen molar-refractivity contribution in [2.45, 2.75) is 19.8 Å². The number of carbonyl (C=O) groups excluding carboxylic acids is 1. The van der Waals surface area contributed by atoms with Crippen LogP contribution in [-0.4, -0.2) is 26.8 Å². The molecule has 0 saturated heterocycles. The molecule has 0 aliphatic carbocycles. The Morgan fingerprint density at radius 1 is 1.38 bits per heavy atom. The van der Waals surface area contributed by atoms with Gasteiger partial charge in [-0.05, 0) is 30.1 Å². The van der Waals surface area contributed by atoms with Crippen LogP contribution in [0.2, 0.25) is 0 Å². The Kier molecular flexibility index (Phi) is 4.66. The normalized spacial score (nSPS) is 10.9. The molecule has 0 saturated carbocycles. The van der Waals surface area contributed by atoms with Gasteiger partial charge in [0, 0.05) is 12.1 Å². The van der Waals surface area contributed by atoms with Crippen molar-refractivity contribution >= 4 is 27.7 Å². The van der Waals surface area contributed by atoms with Gasteiger partial charge in [-0.2, -0.15) is 4.37 Å². The van der Waals surface area contributed by atoms with E-state index in [0.29, 0.717) is 22.5 Å². The molecule has 1 amide bonds. The zero-order chi connectivity index (χ0) is 17.1. The summed E-state index contributed by atoms with van der Waals surface area (Å²) >= 11 is 0.962. The van der Waals surface area contributed by atoms with Crippen LogP contribution in [0.5, 0.6) is 0 Å². The van der Waals surface area contributed by atoms with Crippen LogP contribution >= 0.6 is 11.5 Å². The topological polar surface area (TPSA) is 87.7 Å². The second kappa shape index (κ2) is 6.88. The van der Waals surface area contributed by atoms with Crippen molar-refractivity contribution in [1.82, 2.24) is 19.7 Å². The number of carbonyl (C=O) groups is 1. The molecule has 2 heterocycles. The van der Waals surface area contributed by atoms with Crippen molar-refractivity contribution in [3.8, 4) is 11.3 Å². The summed E-state index contributed by atoms with van der Waals surface area (Å²) in [6, 6.07) is 6.18. The van der Waals surface area contributed by atoms with Gasteiger partial charge < -0.3 is 10.3 Å². The minimum absolute atomic E-state index is 0.0439. The van der Waals surface area contributed by atoms with Crippen LogP contribution in [0.3, 0.4) is 0 Å². The number of H-pyrrole nitrogens is 1. The predicted molar refractivity (Wildman–Crippen MR) is 90.4 cm³/mol. The van der Waals surface area contributed by atoms with Crippen LogP contribution in [0.25, 0.3) is 21.5 Å². The maximum Gasteiger partial charge on any atom is 0.270 e. The number of halogens is 1. The molecule has 0 spiro atoms. The fourth-order valence-electron chi connectivity index (χ4n) is 2.28. The minimum atomic E-state index is -0.436. The quantitative estimate of drug-likeness (QED) is 0.742. The Labute approximate surface area is 140 Å². The SMILES string of the molecule is CCCNC(=O)Cc1nc2c(-c3ccccc3F)nsc2c(=O)[nH]1. The van der Waals surface area contributed by atoms with E-state index >= 15 is 0 Å². The van der Waals surface area contributed by atoms with Crippen LogP contribution in [0, 0.1) is 5.82 Å². The monoisotopic (exact) mass is 346 g/mol. The highest BCUT2D eigenvalue weighted by atomic mass is 32.1. The average molecular weight is 346 g/mol. The molecule has 0 fully saturated rings. The molecule has 2 aromatic heterocycles. The fourth-order valence-corrected chi connectivity index (χ4v) is 3.01. The first-order valence-electron chi connectivity index (χ1n) is 7.50. The molecule has 8 heteroatoms. The van der Waals surface area contributed by atoms with E-state index < -0.39 is 5.82 Å². The highest BCUT2D eigenvalue weighted by Gasteiger charge is 2.17. The third-order valence-electron chi connectivity index (χ3n) is 3.41. The molecule has 0 atom stereocenters. The number of aromatic amines is 1. The van der Waals surface area contributed by atoms with Gasteiger partial charge in [0.05, 0.1) is 6.42 Å². The van der Waals surface area contributed by atoms with E-state index in [9.17, 15) is 14.0 Å². The Balaban J connectivity index is 2.03. The smallest absolute Gasteiger partial charge is 0.270 e. The summed E-state index contributed by atoms with van der Waals surface area (Å²) in [7, 11) is 0. The minimum Gasteiger partial charge on any atom is -0.356 e. The fraction of sp³-hybridized carbons (Fsp3) is 0.250. The van der Waals surface area contributed by atoms with Gasteiger partial charge in [0.25, 0.3) is 5.56 Å². The summed E-state index contributed by atoms with van der Waals surface area (Å²) in [4.78, 5) is 30.9. The van der Waals surface area contributed by atoms with Gasteiger partial charge in [-0.1, -0.05) is 19.1 Å². The van der Waals surface area contributed by atoms with Crippen LogP contribution in [0.15, 0.2) is 29.1 Å². The molecule has 3 aromatic rings. The number of hydrogen-bond donors (Lipinski definition) is 2. The second-order valence-electron chi connectivity index (χ2n) is 5.23. The summed E-state index contributed by atoms with van der Waals surface area (Å²) in [5.74, 6) is -0.428. The third kappa shape index (κ3) is 3.18. The molecular formula is C16H15FN4O2S. The number of rotatable bonds is 5. The molecule has 3 rings (SSSR count). The Morgan fingerprint density at radius 2 is 2.17 bits per heavy atom. The van der Waals surface area contributed by atoms with Crippen molar-refractivity contribution in [3.63, 3.8) is 0 Å². The number of nitrogens with one attached hydrogen (secondary N) is 2. The number of amides is 1. The molecule has 0 aliphatic heterocycles. The zero-order valence-electron chi connectivity index (χ0n) is 12.9. The van der Waals surface area contributed by atoms with E-state index in [0.717, 1.165) is 18.0 Å². The highest BCUT2D eigenvalue weighted by molar-refractivity contribution is 7.13. The molecule has 0 unspecified atom stereocenters. The Morgan fingerprint density at radius 3 is 2.92 bits per heavy atom. The first kappa shape index (κ1) is 16.3. The lowest BCUT2D eigenvalue weighted by Gasteiger charge is -2.04. The van der Waals surface area contributed by atoms with Crippen LogP contribution in [0.4, 0.5) is 4.39 Å². The average Bonchev–Trinajstić information content (AvgIpc) is 2.97. The molecule has 0 radical (unpaired) electrons. The van der Waals surface area contributed by atoms with Crippen LogP contribution < -0.4 is 10.9 Å². The molecule has 0 bridgehead atoms. The number of benzene rings is 1. The summed E-state index contributed by atoms with van der Waals surface area (Å²) < 4.78 is 18.5. The van der Waals surface area contributed by atoms with E-state index in [-0.39, 0.29) is 29.3 Å². The Bertz CT molecular complexity index is 951. The van der Waals surface area contributed by atoms with Crippen molar-refractivity contribution in [3.05, 3.63) is 46.3 Å². The van der Waals surface area contributed by atoms with Gasteiger partial charge in [-0.25, -0.2) is 9.37 Å². The lowest BCUT2D eigenvalue weighted by atomic mass is 10.1. The summed E-state index contributed by atoms with van der Waals surface area (Å²) in [6.45, 7) is 2.51. The van der Waals surface area contributed by atoms with Gasteiger partial charge >= 0.3 is 0 Å². The first-order chi connectivity index (χ1) is 11.6. The maximum absolute atomic E-state index is 14.0. The molecule has 6 nitrogen and oxygen atoms in total. The first-order valence-corrected chi connectivity index (χ1v) is 8.27. The zero-order valence-corrected chi connectivity index (χ0v) is 13.7. The summed E-state index contributed by atoms with van der Waals surface area (Å²) in [5, 5.41) is 2.72. The number of hydrogen-bond acceptors (Lipinski definition) is 5. The van der Waals surface area contributed by atoms with E-state index in [1.165, 1.54) is 6.07 Å². The number of nitrogens with zero attached hydrogens (tertiary/aromatic N) is 2. The van der Waals surface area contributed by atoms with Crippen molar-refractivity contribution < 1.29 is 9.18 Å². The lowest BCUT2D eigenvalue weighted by molar-refractivity contribution is -0.120. The van der Waals surface area contributed by atoms with Crippen molar-refractivity contribution in [1.29, 1.82) is 0 Å². The lowest BCUT2D eigenvalue weighted by Crippen LogP contribution is -2.27. The maximum atomic E-state index is 14.0. The van der Waals surface area contributed by atoms with Crippen LogP contribution in [-0.2, 0) is 11.2 Å². The van der Waals surface area contributed by atoms with Gasteiger partial charge in [0.2, 0.25) is 5.91 Å². The van der Waals surface area contributed by atoms with Gasteiger partial charge in [0.1, 0.15) is 27.6 Å². The third-order valence-corrected chi connectivity index (χ3v) is 4.24. The highest BCUT2D eigenvalue weighted by Crippen LogP contribution is 2.29. The largest absolute Gasteiger partial charge is 0.356 e. The van der Waals surface area contributed by atoms with Crippen LogP contribution in [0.1, 0.15) is 19.2 Å². The van der Waals surface area contributed by atoms with E-state index in [2.05, 4.69) is 19.7 Å². The second-order valence-corrected chi connectivity index (χ2v) is 6.00. The van der Waals surface area contributed by atoms with E-state index in [1.807, 2.05) is 6.92 Å². The molecule has 24 heavy (non-hydrogen) atoms. The standard InChI is InChI=1S/C16H15FN4O2S/c1-2-7-18-12(22)8-11-19-14-13(9-5-3-4-6-10(9)17)21-24-15(14)16(23)20-11/h3-6H,2,7-8H2,1H3,(H,18,22)(H,19,20,23). The molecular weight excluding hydrogens is 331 g/mol. The van der Waals surface area contributed by atoms with Crippen molar-refractivity contribution in [2.24, 2.45) is 0 Å². The molecule has 2 N–H and O–H groups in total. The van der Waals surface area contributed by atoms with Gasteiger partial charge in [-0.15, -0.1) is 0 Å². The summed E-state index contributed by atoms with van der Waals surface area (Å²) in [6.07, 6.45) is 0.776.